The molecule has 7 heteroatoms. The lowest BCUT2D eigenvalue weighted by atomic mass is 10.1. The van der Waals surface area contributed by atoms with Crippen molar-refractivity contribution in [1.82, 2.24) is 4.90 Å². The zero-order valence-electron chi connectivity index (χ0n) is 12.0. The van der Waals surface area contributed by atoms with Crippen molar-refractivity contribution < 1.29 is 17.9 Å². The Labute approximate surface area is 124 Å². The first-order chi connectivity index (χ1) is 9.88. The molecule has 0 bridgehead atoms. The van der Waals surface area contributed by atoms with Gasteiger partial charge < -0.3 is 9.64 Å². The maximum Gasteiger partial charge on any atom is 0.238 e. The smallest absolute Gasteiger partial charge is 0.238 e. The molecule has 2 N–H and O–H groups in total. The number of nitrogens with two attached hydrogens (primary N) is 1. The molecule has 1 aromatic carbocycles. The van der Waals surface area contributed by atoms with Crippen LogP contribution in [0.1, 0.15) is 18.9 Å². The maximum atomic E-state index is 12.2. The quantitative estimate of drug-likeness (QED) is 0.877. The minimum atomic E-state index is -3.66. The number of aryl methyl sites for hydroxylation is 1. The highest BCUT2D eigenvalue weighted by atomic mass is 32.2. The Morgan fingerprint density at radius 1 is 1.38 bits per heavy atom. The Kier molecular flexibility index (Phi) is 4.97. The molecule has 1 fully saturated rings. The lowest BCUT2D eigenvalue weighted by Crippen LogP contribution is -2.47. The van der Waals surface area contributed by atoms with E-state index >= 15 is 0 Å². The van der Waals surface area contributed by atoms with Gasteiger partial charge >= 0.3 is 0 Å². The van der Waals surface area contributed by atoms with Gasteiger partial charge in [-0.15, -0.1) is 0 Å². The molecular formula is C14H20N2O4S. The summed E-state index contributed by atoms with van der Waals surface area (Å²) in [5.41, 5.74) is 0.914. The Balaban J connectivity index is 1.92. The average molecular weight is 312 g/mol. The van der Waals surface area contributed by atoms with Gasteiger partial charge in [0.05, 0.1) is 24.2 Å². The first-order valence-electron chi connectivity index (χ1n) is 6.87. The van der Waals surface area contributed by atoms with Gasteiger partial charge in [-0.3, -0.25) is 4.79 Å². The number of amides is 1. The van der Waals surface area contributed by atoms with Crippen molar-refractivity contribution in [3.05, 3.63) is 29.8 Å². The topological polar surface area (TPSA) is 89.7 Å². The van der Waals surface area contributed by atoms with E-state index in [1.54, 1.807) is 12.1 Å². The first-order valence-corrected chi connectivity index (χ1v) is 8.41. The number of morpholine rings is 1. The highest BCUT2D eigenvalue weighted by molar-refractivity contribution is 7.89. The molecule has 1 unspecified atom stereocenters. The number of sulfonamides is 1. The van der Waals surface area contributed by atoms with Gasteiger partial charge in [0.1, 0.15) is 0 Å². The molecule has 1 amide bonds. The summed E-state index contributed by atoms with van der Waals surface area (Å²) >= 11 is 0. The van der Waals surface area contributed by atoms with Crippen LogP contribution in [-0.4, -0.2) is 45.0 Å². The summed E-state index contributed by atoms with van der Waals surface area (Å²) in [6, 6.07) is 6.42. The fraction of sp³-hybridized carbons (Fsp3) is 0.500. The van der Waals surface area contributed by atoms with Gasteiger partial charge in [-0.2, -0.15) is 0 Å². The molecule has 2 rings (SSSR count). The predicted octanol–water partition coefficient (Wildman–Crippen LogP) is 0.514. The minimum Gasteiger partial charge on any atom is -0.377 e. The van der Waals surface area contributed by atoms with Crippen molar-refractivity contribution in [1.29, 1.82) is 0 Å². The Bertz CT molecular complexity index is 598. The molecule has 0 aliphatic carbocycles. The van der Waals surface area contributed by atoms with Crippen LogP contribution in [-0.2, 0) is 26.0 Å². The van der Waals surface area contributed by atoms with Gasteiger partial charge in [-0.1, -0.05) is 12.1 Å². The second-order valence-corrected chi connectivity index (χ2v) is 6.76. The van der Waals surface area contributed by atoms with Crippen LogP contribution >= 0.6 is 0 Å². The monoisotopic (exact) mass is 312 g/mol. The second-order valence-electron chi connectivity index (χ2n) is 5.20. The molecule has 116 valence electrons. The van der Waals surface area contributed by atoms with Crippen LogP contribution in [0.5, 0.6) is 0 Å². The molecule has 1 aliphatic rings. The van der Waals surface area contributed by atoms with Gasteiger partial charge in [0.15, 0.2) is 0 Å². The van der Waals surface area contributed by atoms with Crippen LogP contribution in [0.15, 0.2) is 29.2 Å². The van der Waals surface area contributed by atoms with Crippen LogP contribution < -0.4 is 5.14 Å². The minimum absolute atomic E-state index is 0.0828. The van der Waals surface area contributed by atoms with Crippen LogP contribution in [0.3, 0.4) is 0 Å². The summed E-state index contributed by atoms with van der Waals surface area (Å²) in [6.07, 6.45) is 0.979. The van der Waals surface area contributed by atoms with E-state index in [1.165, 1.54) is 12.1 Å². The van der Waals surface area contributed by atoms with E-state index in [9.17, 15) is 13.2 Å². The number of hydrogen-bond acceptors (Lipinski definition) is 4. The van der Waals surface area contributed by atoms with Crippen molar-refractivity contribution in [3.8, 4) is 0 Å². The number of benzene rings is 1. The van der Waals surface area contributed by atoms with E-state index in [4.69, 9.17) is 9.88 Å². The number of carbonyl (C=O) groups excluding carboxylic acids is 1. The summed E-state index contributed by atoms with van der Waals surface area (Å²) in [5, 5.41) is 5.04. The highest BCUT2D eigenvalue weighted by Crippen LogP contribution is 2.13. The number of rotatable bonds is 4. The molecule has 1 aromatic rings. The van der Waals surface area contributed by atoms with E-state index in [2.05, 4.69) is 0 Å². The molecule has 1 aliphatic heterocycles. The molecule has 1 saturated heterocycles. The number of hydrogen-bond donors (Lipinski definition) is 1. The molecule has 21 heavy (non-hydrogen) atoms. The summed E-state index contributed by atoms with van der Waals surface area (Å²) in [7, 11) is -3.66. The van der Waals surface area contributed by atoms with Crippen LogP contribution in [0, 0.1) is 0 Å². The highest BCUT2D eigenvalue weighted by Gasteiger charge is 2.23. The number of ether oxygens (including phenoxy) is 1. The van der Waals surface area contributed by atoms with Crippen molar-refractivity contribution in [2.45, 2.75) is 30.7 Å². The molecule has 6 nitrogen and oxygen atoms in total. The molecule has 1 atom stereocenters. The maximum absolute atomic E-state index is 12.2. The van der Waals surface area contributed by atoms with Gasteiger partial charge in [0, 0.05) is 13.0 Å². The fourth-order valence-electron chi connectivity index (χ4n) is 2.34. The molecule has 1 heterocycles. The van der Waals surface area contributed by atoms with Crippen LogP contribution in [0.2, 0.25) is 0 Å². The van der Waals surface area contributed by atoms with Crippen molar-refractivity contribution in [3.63, 3.8) is 0 Å². The Morgan fingerprint density at radius 2 is 2.05 bits per heavy atom. The zero-order chi connectivity index (χ0) is 15.5. The average Bonchev–Trinajstić information content (AvgIpc) is 2.45. The summed E-state index contributed by atoms with van der Waals surface area (Å²) in [5.74, 6) is 0.0984. The molecule has 0 spiro atoms. The summed E-state index contributed by atoms with van der Waals surface area (Å²) in [4.78, 5) is 14.1. The van der Waals surface area contributed by atoms with Gasteiger partial charge in [-0.05, 0) is 31.0 Å². The molecule has 0 saturated carbocycles. The van der Waals surface area contributed by atoms with E-state index in [0.29, 0.717) is 32.6 Å². The largest absolute Gasteiger partial charge is 0.377 e. The second kappa shape index (κ2) is 6.55. The normalized spacial score (nSPS) is 19.5. The molecular weight excluding hydrogens is 292 g/mol. The zero-order valence-corrected chi connectivity index (χ0v) is 12.8. The van der Waals surface area contributed by atoms with Crippen molar-refractivity contribution in [2.75, 3.05) is 19.8 Å². The van der Waals surface area contributed by atoms with Crippen LogP contribution in [0.4, 0.5) is 0 Å². The molecule has 0 radical (unpaired) electrons. The van der Waals surface area contributed by atoms with E-state index in [1.807, 2.05) is 11.8 Å². The van der Waals surface area contributed by atoms with E-state index in [0.717, 1.165) is 5.56 Å². The SMILES string of the molecule is CC1COCCN1C(=O)CCc1ccc(S(N)(=O)=O)cc1. The van der Waals surface area contributed by atoms with Gasteiger partial charge in [0.2, 0.25) is 15.9 Å². The van der Waals surface area contributed by atoms with Crippen molar-refractivity contribution >= 4 is 15.9 Å². The van der Waals surface area contributed by atoms with E-state index in [-0.39, 0.29) is 16.8 Å². The number of carbonyl (C=O) groups is 1. The summed E-state index contributed by atoms with van der Waals surface area (Å²) in [6.45, 7) is 3.76. The lowest BCUT2D eigenvalue weighted by molar-refractivity contribution is -0.139. The molecule has 0 aromatic heterocycles. The van der Waals surface area contributed by atoms with Crippen molar-refractivity contribution in [2.24, 2.45) is 5.14 Å². The van der Waals surface area contributed by atoms with Gasteiger partial charge in [0.25, 0.3) is 0 Å². The third-order valence-corrected chi connectivity index (χ3v) is 4.50. The fourth-order valence-corrected chi connectivity index (χ4v) is 2.85. The summed E-state index contributed by atoms with van der Waals surface area (Å²) < 4.78 is 27.6. The Hall–Kier alpha value is -1.44. The third kappa shape index (κ3) is 4.26. The Morgan fingerprint density at radius 3 is 2.62 bits per heavy atom. The first kappa shape index (κ1) is 15.9. The number of primary sulfonamides is 1. The third-order valence-electron chi connectivity index (χ3n) is 3.57. The van der Waals surface area contributed by atoms with Gasteiger partial charge in [-0.25, -0.2) is 13.6 Å². The van der Waals surface area contributed by atoms with Crippen LogP contribution in [0.25, 0.3) is 0 Å². The van der Waals surface area contributed by atoms with E-state index < -0.39 is 10.0 Å². The number of nitrogens with zero attached hydrogens (tertiary/aromatic N) is 1. The standard InChI is InChI=1S/C14H20N2O4S/c1-11-10-20-9-8-16(11)14(17)7-4-12-2-5-13(6-3-12)21(15,18)19/h2-3,5-6,11H,4,7-10H2,1H3,(H2,15,18,19). The lowest BCUT2D eigenvalue weighted by Gasteiger charge is -2.33. The predicted molar refractivity (Wildman–Crippen MR) is 78.1 cm³/mol.